The van der Waals surface area contributed by atoms with Gasteiger partial charge >= 0.3 is 5.63 Å². The molecule has 0 aliphatic carbocycles. The van der Waals surface area contributed by atoms with Crippen LogP contribution in [0.25, 0.3) is 22.0 Å². The molecule has 8 nitrogen and oxygen atoms in total. The van der Waals surface area contributed by atoms with Gasteiger partial charge in [-0.25, -0.2) is 14.8 Å². The third-order valence-electron chi connectivity index (χ3n) is 5.40. The Kier molecular flexibility index (Phi) is 4.54. The molecule has 0 atom stereocenters. The zero-order valence-corrected chi connectivity index (χ0v) is 17.2. The van der Waals surface area contributed by atoms with Crippen molar-refractivity contribution < 1.29 is 13.9 Å². The molecule has 1 amide bonds. The molecule has 156 valence electrons. The van der Waals surface area contributed by atoms with Crippen LogP contribution in [0, 0.1) is 6.92 Å². The molecule has 0 saturated heterocycles. The second-order valence-corrected chi connectivity index (χ2v) is 7.52. The maximum absolute atomic E-state index is 13.0. The van der Waals surface area contributed by atoms with Crippen LogP contribution in [0.3, 0.4) is 0 Å². The molecule has 1 aliphatic heterocycles. The lowest BCUT2D eigenvalue weighted by Crippen LogP contribution is -2.45. The van der Waals surface area contributed by atoms with Crippen molar-refractivity contribution in [2.75, 3.05) is 36.5 Å². The number of hydrogen-bond donors (Lipinski definition) is 0. The minimum Gasteiger partial charge on any atom is -0.484 e. The summed E-state index contributed by atoms with van der Waals surface area (Å²) in [6.07, 6.45) is 0. The number of rotatable bonds is 3. The Morgan fingerprint density at radius 2 is 1.81 bits per heavy atom. The number of anilines is 2. The summed E-state index contributed by atoms with van der Waals surface area (Å²) in [6, 6.07) is 14.2. The molecule has 0 fully saturated rings. The number of para-hydroxylation sites is 2. The van der Waals surface area contributed by atoms with Gasteiger partial charge in [0.05, 0.1) is 11.0 Å². The van der Waals surface area contributed by atoms with Gasteiger partial charge in [-0.3, -0.25) is 9.69 Å². The van der Waals surface area contributed by atoms with E-state index in [9.17, 15) is 9.59 Å². The van der Waals surface area contributed by atoms with E-state index in [1.54, 1.807) is 17.0 Å². The standard InChI is InChI=1S/C23H20N4O4/c1-14-11-21(29)31-19-12-15(7-8-16(14)19)30-13-20(28)27-10-9-26(2)22-23(27)25-18-6-4-3-5-17(18)24-22/h3-8,11-12H,9-10,13H2,1-2H3. The molecule has 2 aromatic carbocycles. The number of fused-ring (bicyclic) bond motifs is 3. The topological polar surface area (TPSA) is 88.8 Å². The van der Waals surface area contributed by atoms with E-state index in [1.807, 2.05) is 49.2 Å². The summed E-state index contributed by atoms with van der Waals surface area (Å²) < 4.78 is 11.0. The number of likely N-dealkylation sites (N-methyl/N-ethyl adjacent to an activating group) is 1. The molecular formula is C23H20N4O4. The highest BCUT2D eigenvalue weighted by molar-refractivity contribution is 5.98. The van der Waals surface area contributed by atoms with Gasteiger partial charge in [0.25, 0.3) is 5.91 Å². The SMILES string of the molecule is Cc1cc(=O)oc2cc(OCC(=O)N3CCN(C)c4nc5ccccc5nc43)ccc12. The minimum atomic E-state index is -0.418. The van der Waals surface area contributed by atoms with E-state index in [1.165, 1.54) is 6.07 Å². The van der Waals surface area contributed by atoms with Gasteiger partial charge < -0.3 is 14.1 Å². The van der Waals surface area contributed by atoms with Crippen LogP contribution in [-0.2, 0) is 4.79 Å². The summed E-state index contributed by atoms with van der Waals surface area (Å²) in [5, 5.41) is 0.827. The molecule has 0 saturated carbocycles. The Labute approximate surface area is 177 Å². The van der Waals surface area contributed by atoms with Gasteiger partial charge in [0, 0.05) is 37.7 Å². The average Bonchev–Trinajstić information content (AvgIpc) is 2.76. The first-order valence-corrected chi connectivity index (χ1v) is 9.95. The number of benzene rings is 2. The van der Waals surface area contributed by atoms with Gasteiger partial charge in [0.2, 0.25) is 0 Å². The predicted molar refractivity (Wildman–Crippen MR) is 118 cm³/mol. The molecule has 0 unspecified atom stereocenters. The van der Waals surface area contributed by atoms with Gasteiger partial charge in [-0.15, -0.1) is 0 Å². The summed E-state index contributed by atoms with van der Waals surface area (Å²) in [7, 11) is 1.94. The van der Waals surface area contributed by atoms with E-state index >= 15 is 0 Å². The molecule has 3 heterocycles. The Morgan fingerprint density at radius 3 is 2.58 bits per heavy atom. The van der Waals surface area contributed by atoms with E-state index in [0.29, 0.717) is 36.1 Å². The van der Waals surface area contributed by atoms with Crippen LogP contribution in [0.2, 0.25) is 0 Å². The van der Waals surface area contributed by atoms with Crippen LogP contribution in [0.5, 0.6) is 5.75 Å². The second kappa shape index (κ2) is 7.39. The monoisotopic (exact) mass is 416 g/mol. The smallest absolute Gasteiger partial charge is 0.336 e. The fraction of sp³-hybridized carbons (Fsp3) is 0.217. The van der Waals surface area contributed by atoms with E-state index < -0.39 is 5.63 Å². The summed E-state index contributed by atoms with van der Waals surface area (Å²) >= 11 is 0. The Balaban J connectivity index is 1.40. The van der Waals surface area contributed by atoms with Crippen LogP contribution in [0.1, 0.15) is 5.56 Å². The van der Waals surface area contributed by atoms with Crippen LogP contribution in [0.15, 0.2) is 57.7 Å². The zero-order chi connectivity index (χ0) is 21.5. The molecule has 8 heteroatoms. The molecule has 0 radical (unpaired) electrons. The normalized spacial score (nSPS) is 13.5. The summed E-state index contributed by atoms with van der Waals surface area (Å²) in [5.74, 6) is 1.43. The first-order valence-electron chi connectivity index (χ1n) is 9.95. The number of amides is 1. The Hall–Kier alpha value is -3.94. The van der Waals surface area contributed by atoms with Gasteiger partial charge in [-0.1, -0.05) is 12.1 Å². The van der Waals surface area contributed by atoms with E-state index in [0.717, 1.165) is 22.0 Å². The molecule has 4 aromatic rings. The Bertz CT molecular complexity index is 1380. The van der Waals surface area contributed by atoms with Gasteiger partial charge in [0.1, 0.15) is 11.3 Å². The molecule has 5 rings (SSSR count). The molecular weight excluding hydrogens is 396 g/mol. The van der Waals surface area contributed by atoms with Crippen LogP contribution < -0.4 is 20.2 Å². The van der Waals surface area contributed by atoms with Gasteiger partial charge in [-0.2, -0.15) is 0 Å². The lowest BCUT2D eigenvalue weighted by atomic mass is 10.1. The number of aromatic nitrogens is 2. The largest absolute Gasteiger partial charge is 0.484 e. The highest BCUT2D eigenvalue weighted by atomic mass is 16.5. The quantitative estimate of drug-likeness (QED) is 0.475. The molecule has 0 N–H and O–H groups in total. The van der Waals surface area contributed by atoms with E-state index in [-0.39, 0.29) is 12.5 Å². The van der Waals surface area contributed by atoms with Crippen molar-refractivity contribution in [2.45, 2.75) is 6.92 Å². The third kappa shape index (κ3) is 3.46. The Morgan fingerprint density at radius 1 is 1.06 bits per heavy atom. The molecule has 0 spiro atoms. The van der Waals surface area contributed by atoms with Crippen LogP contribution >= 0.6 is 0 Å². The fourth-order valence-electron chi connectivity index (χ4n) is 3.74. The van der Waals surface area contributed by atoms with Crippen molar-refractivity contribution in [1.29, 1.82) is 0 Å². The maximum atomic E-state index is 13.0. The van der Waals surface area contributed by atoms with Crippen molar-refractivity contribution in [2.24, 2.45) is 0 Å². The number of carbonyl (C=O) groups is 1. The van der Waals surface area contributed by atoms with Crippen molar-refractivity contribution in [3.8, 4) is 5.75 Å². The van der Waals surface area contributed by atoms with E-state index in [4.69, 9.17) is 9.15 Å². The molecule has 2 aromatic heterocycles. The lowest BCUT2D eigenvalue weighted by Gasteiger charge is -2.33. The molecule has 1 aliphatic rings. The van der Waals surface area contributed by atoms with Crippen LogP contribution in [0.4, 0.5) is 11.6 Å². The van der Waals surface area contributed by atoms with Crippen molar-refractivity contribution in [3.05, 3.63) is 64.5 Å². The molecule has 0 bridgehead atoms. The van der Waals surface area contributed by atoms with Crippen molar-refractivity contribution in [1.82, 2.24) is 9.97 Å². The first-order chi connectivity index (χ1) is 15.0. The first kappa shape index (κ1) is 19.0. The summed E-state index contributed by atoms with van der Waals surface area (Å²) in [5.41, 5.74) is 2.35. The number of ether oxygens (including phenoxy) is 1. The average molecular weight is 416 g/mol. The van der Waals surface area contributed by atoms with Gasteiger partial charge in [-0.05, 0) is 36.8 Å². The highest BCUT2D eigenvalue weighted by Gasteiger charge is 2.28. The zero-order valence-electron chi connectivity index (χ0n) is 17.2. The number of carbonyl (C=O) groups excluding carboxylic acids is 1. The summed E-state index contributed by atoms with van der Waals surface area (Å²) in [6.45, 7) is 2.81. The summed E-state index contributed by atoms with van der Waals surface area (Å²) in [4.78, 5) is 37.6. The minimum absolute atomic E-state index is 0.167. The highest BCUT2D eigenvalue weighted by Crippen LogP contribution is 2.31. The van der Waals surface area contributed by atoms with Crippen LogP contribution in [-0.4, -0.2) is 42.6 Å². The number of nitrogens with zero attached hydrogens (tertiary/aromatic N) is 4. The third-order valence-corrected chi connectivity index (χ3v) is 5.40. The van der Waals surface area contributed by atoms with E-state index in [2.05, 4.69) is 9.97 Å². The number of hydrogen-bond acceptors (Lipinski definition) is 7. The number of aryl methyl sites for hydroxylation is 1. The molecule has 31 heavy (non-hydrogen) atoms. The predicted octanol–water partition coefficient (Wildman–Crippen LogP) is 2.91. The second-order valence-electron chi connectivity index (χ2n) is 7.52. The van der Waals surface area contributed by atoms with Crippen molar-refractivity contribution >= 4 is 39.5 Å². The van der Waals surface area contributed by atoms with Gasteiger partial charge in [0.15, 0.2) is 18.2 Å². The fourth-order valence-corrected chi connectivity index (χ4v) is 3.74. The van der Waals surface area contributed by atoms with Crippen molar-refractivity contribution in [3.63, 3.8) is 0 Å². The maximum Gasteiger partial charge on any atom is 0.336 e. The lowest BCUT2D eigenvalue weighted by molar-refractivity contribution is -0.120.